The highest BCUT2D eigenvalue weighted by Gasteiger charge is 2.22. The summed E-state index contributed by atoms with van der Waals surface area (Å²) in [4.78, 5) is 0. The zero-order chi connectivity index (χ0) is 9.26. The molecule has 1 atom stereocenters. The van der Waals surface area contributed by atoms with Crippen LogP contribution in [0.4, 0.5) is 0 Å². The van der Waals surface area contributed by atoms with Crippen molar-refractivity contribution in [1.82, 2.24) is 0 Å². The summed E-state index contributed by atoms with van der Waals surface area (Å²) >= 11 is 0. The molecule has 0 spiro atoms. The normalized spacial score (nSPS) is 18.6. The molecule has 1 aromatic carbocycles. The molecule has 1 aromatic rings. The molecule has 0 radical (unpaired) electrons. The van der Waals surface area contributed by atoms with Gasteiger partial charge in [-0.2, -0.15) is 0 Å². The molecule has 1 aliphatic carbocycles. The Hall–Kier alpha value is -0.820. The van der Waals surface area contributed by atoms with Gasteiger partial charge in [-0.25, -0.2) is 0 Å². The van der Waals surface area contributed by atoms with Crippen molar-refractivity contribution in [3.05, 3.63) is 35.4 Å². The fourth-order valence-corrected chi connectivity index (χ4v) is 1.71. The van der Waals surface area contributed by atoms with E-state index in [0.717, 1.165) is 12.3 Å². The second-order valence-electron chi connectivity index (χ2n) is 4.20. The van der Waals surface area contributed by atoms with Gasteiger partial charge < -0.3 is 5.73 Å². The van der Waals surface area contributed by atoms with E-state index >= 15 is 0 Å². The monoisotopic (exact) mass is 175 g/mol. The van der Waals surface area contributed by atoms with Crippen molar-refractivity contribution < 1.29 is 0 Å². The number of rotatable bonds is 3. The van der Waals surface area contributed by atoms with Crippen molar-refractivity contribution in [3.8, 4) is 0 Å². The molecule has 1 heteroatoms. The van der Waals surface area contributed by atoms with Crippen LogP contribution in [0.5, 0.6) is 0 Å². The zero-order valence-electron chi connectivity index (χ0n) is 8.16. The first kappa shape index (κ1) is 8.76. The van der Waals surface area contributed by atoms with Crippen molar-refractivity contribution in [2.75, 3.05) is 0 Å². The molecule has 0 aliphatic heterocycles. The summed E-state index contributed by atoms with van der Waals surface area (Å²) in [7, 11) is 0. The van der Waals surface area contributed by atoms with Crippen LogP contribution in [-0.4, -0.2) is 6.04 Å². The molecule has 0 saturated heterocycles. The van der Waals surface area contributed by atoms with Gasteiger partial charge in [0.15, 0.2) is 0 Å². The van der Waals surface area contributed by atoms with Crippen molar-refractivity contribution in [2.45, 2.75) is 38.1 Å². The molecule has 1 saturated carbocycles. The van der Waals surface area contributed by atoms with E-state index in [4.69, 9.17) is 5.73 Å². The lowest BCUT2D eigenvalue weighted by atomic mass is 10.0. The first-order valence-corrected chi connectivity index (χ1v) is 5.10. The first-order chi connectivity index (χ1) is 6.25. The Bertz CT molecular complexity index is 270. The molecule has 13 heavy (non-hydrogen) atoms. The van der Waals surface area contributed by atoms with E-state index in [2.05, 4.69) is 31.2 Å². The molecular formula is C12H17N. The minimum atomic E-state index is 0.270. The Morgan fingerprint density at radius 3 is 2.38 bits per heavy atom. The third-order valence-corrected chi connectivity index (χ3v) is 2.59. The van der Waals surface area contributed by atoms with E-state index in [1.807, 2.05) is 0 Å². The summed E-state index contributed by atoms with van der Waals surface area (Å²) < 4.78 is 0. The van der Waals surface area contributed by atoms with Crippen LogP contribution < -0.4 is 5.73 Å². The SMILES string of the molecule is CC(N)Cc1ccc(C2CC2)cc1. The van der Waals surface area contributed by atoms with E-state index in [9.17, 15) is 0 Å². The summed E-state index contributed by atoms with van der Waals surface area (Å²) in [6, 6.07) is 9.23. The predicted molar refractivity (Wildman–Crippen MR) is 55.8 cm³/mol. The van der Waals surface area contributed by atoms with Gasteiger partial charge in [0.1, 0.15) is 0 Å². The highest BCUT2D eigenvalue weighted by molar-refractivity contribution is 5.28. The van der Waals surface area contributed by atoms with Crippen LogP contribution in [0, 0.1) is 0 Å². The van der Waals surface area contributed by atoms with E-state index < -0.39 is 0 Å². The average molecular weight is 175 g/mol. The highest BCUT2D eigenvalue weighted by atomic mass is 14.6. The zero-order valence-corrected chi connectivity index (χ0v) is 8.16. The summed E-state index contributed by atoms with van der Waals surface area (Å²) in [5, 5.41) is 0. The second-order valence-corrected chi connectivity index (χ2v) is 4.20. The molecule has 2 rings (SSSR count). The van der Waals surface area contributed by atoms with Gasteiger partial charge >= 0.3 is 0 Å². The Balaban J connectivity index is 2.04. The molecule has 0 aromatic heterocycles. The predicted octanol–water partition coefficient (Wildman–Crippen LogP) is 2.45. The van der Waals surface area contributed by atoms with Gasteiger partial charge in [-0.3, -0.25) is 0 Å². The minimum absolute atomic E-state index is 0.270. The molecule has 1 nitrogen and oxygen atoms in total. The quantitative estimate of drug-likeness (QED) is 0.750. The van der Waals surface area contributed by atoms with E-state index in [0.29, 0.717) is 0 Å². The van der Waals surface area contributed by atoms with Crippen molar-refractivity contribution in [3.63, 3.8) is 0 Å². The Morgan fingerprint density at radius 1 is 1.31 bits per heavy atom. The Morgan fingerprint density at radius 2 is 1.92 bits per heavy atom. The average Bonchev–Trinajstić information content (AvgIpc) is 2.87. The maximum atomic E-state index is 5.73. The number of hydrogen-bond acceptors (Lipinski definition) is 1. The molecule has 2 N–H and O–H groups in total. The van der Waals surface area contributed by atoms with Crippen molar-refractivity contribution >= 4 is 0 Å². The first-order valence-electron chi connectivity index (χ1n) is 5.10. The van der Waals surface area contributed by atoms with Gasteiger partial charge in [0.25, 0.3) is 0 Å². The molecule has 0 bridgehead atoms. The fourth-order valence-electron chi connectivity index (χ4n) is 1.71. The van der Waals surface area contributed by atoms with Crippen molar-refractivity contribution in [2.24, 2.45) is 5.73 Å². The van der Waals surface area contributed by atoms with Crippen LogP contribution in [0.2, 0.25) is 0 Å². The van der Waals surface area contributed by atoms with Gasteiger partial charge in [0.05, 0.1) is 0 Å². The standard InChI is InChI=1S/C12H17N/c1-9(13)8-10-2-4-11(5-3-10)12-6-7-12/h2-5,9,12H,6-8,13H2,1H3. The summed E-state index contributed by atoms with van der Waals surface area (Å²) in [6.45, 7) is 2.05. The van der Waals surface area contributed by atoms with Crippen LogP contribution in [0.15, 0.2) is 24.3 Å². The third-order valence-electron chi connectivity index (χ3n) is 2.59. The van der Waals surface area contributed by atoms with Gasteiger partial charge in [-0.15, -0.1) is 0 Å². The maximum absolute atomic E-state index is 5.73. The molecule has 1 unspecified atom stereocenters. The van der Waals surface area contributed by atoms with Crippen LogP contribution in [0.3, 0.4) is 0 Å². The van der Waals surface area contributed by atoms with Crippen LogP contribution >= 0.6 is 0 Å². The smallest absolute Gasteiger partial charge is 0.00509 e. The Kier molecular flexibility index (Phi) is 2.36. The van der Waals surface area contributed by atoms with E-state index in [-0.39, 0.29) is 6.04 Å². The maximum Gasteiger partial charge on any atom is 0.00509 e. The molecule has 0 heterocycles. The van der Waals surface area contributed by atoms with Crippen molar-refractivity contribution in [1.29, 1.82) is 0 Å². The minimum Gasteiger partial charge on any atom is -0.328 e. The van der Waals surface area contributed by atoms with Crippen LogP contribution in [0.25, 0.3) is 0 Å². The van der Waals surface area contributed by atoms with E-state index in [1.165, 1.54) is 24.0 Å². The number of benzene rings is 1. The van der Waals surface area contributed by atoms with Crippen LogP contribution in [0.1, 0.15) is 36.8 Å². The molecule has 1 fully saturated rings. The Labute approximate surface area is 80.0 Å². The molecule has 0 amide bonds. The van der Waals surface area contributed by atoms with Gasteiger partial charge in [-0.1, -0.05) is 24.3 Å². The largest absolute Gasteiger partial charge is 0.328 e. The molecule has 1 aliphatic rings. The third kappa shape index (κ3) is 2.31. The fraction of sp³-hybridized carbons (Fsp3) is 0.500. The number of nitrogens with two attached hydrogens (primary N) is 1. The lowest BCUT2D eigenvalue weighted by Gasteiger charge is -2.05. The van der Waals surface area contributed by atoms with E-state index in [1.54, 1.807) is 0 Å². The van der Waals surface area contributed by atoms with Gasteiger partial charge in [-0.05, 0) is 43.2 Å². The summed E-state index contributed by atoms with van der Waals surface area (Å²) in [6.07, 6.45) is 3.75. The lowest BCUT2D eigenvalue weighted by molar-refractivity contribution is 0.738. The lowest BCUT2D eigenvalue weighted by Crippen LogP contribution is -2.17. The summed E-state index contributed by atoms with van der Waals surface area (Å²) in [5.74, 6) is 0.865. The second kappa shape index (κ2) is 3.51. The highest BCUT2D eigenvalue weighted by Crippen LogP contribution is 2.39. The molecule has 70 valence electrons. The van der Waals surface area contributed by atoms with Gasteiger partial charge in [0, 0.05) is 6.04 Å². The van der Waals surface area contributed by atoms with Gasteiger partial charge in [0.2, 0.25) is 0 Å². The summed E-state index contributed by atoms with van der Waals surface area (Å²) in [5.41, 5.74) is 8.60. The molecular weight excluding hydrogens is 158 g/mol. The topological polar surface area (TPSA) is 26.0 Å². The van der Waals surface area contributed by atoms with Crippen LogP contribution in [-0.2, 0) is 6.42 Å². The number of hydrogen-bond donors (Lipinski definition) is 1.